The van der Waals surface area contributed by atoms with Gasteiger partial charge in [-0.2, -0.15) is 0 Å². The summed E-state index contributed by atoms with van der Waals surface area (Å²) in [5.74, 6) is 0. The molecule has 6 aromatic carbocycles. The summed E-state index contributed by atoms with van der Waals surface area (Å²) in [6.07, 6.45) is 0. The van der Waals surface area contributed by atoms with Gasteiger partial charge in [-0.25, -0.2) is 0 Å². The Kier molecular flexibility index (Phi) is 4.42. The molecule has 1 aliphatic rings. The number of aromatic nitrogens is 1. The molecule has 9 rings (SSSR count). The highest BCUT2D eigenvalue weighted by molar-refractivity contribution is 6.31. The van der Waals surface area contributed by atoms with Crippen molar-refractivity contribution >= 4 is 43.7 Å². The minimum Gasteiger partial charge on any atom is -0.455 e. The Morgan fingerprint density at radius 2 is 1.24 bits per heavy atom. The van der Waals surface area contributed by atoms with E-state index in [1.54, 1.807) is 0 Å². The van der Waals surface area contributed by atoms with Gasteiger partial charge in [-0.1, -0.05) is 117 Å². The van der Waals surface area contributed by atoms with E-state index < -0.39 is 0 Å². The lowest BCUT2D eigenvalue weighted by molar-refractivity contribution is 0.656. The largest absolute Gasteiger partial charge is 0.455 e. The molecule has 0 atom stereocenters. The van der Waals surface area contributed by atoms with Crippen molar-refractivity contribution in [2.24, 2.45) is 0 Å². The lowest BCUT2D eigenvalue weighted by Crippen LogP contribution is -2.16. The fraction of sp³-hybridized carbons (Fsp3) is 0.0769. The first-order valence-electron chi connectivity index (χ1n) is 14.3. The lowest BCUT2D eigenvalue weighted by atomic mass is 9.81. The van der Waals surface area contributed by atoms with Crippen molar-refractivity contribution in [3.05, 3.63) is 139 Å². The van der Waals surface area contributed by atoms with Crippen molar-refractivity contribution in [2.45, 2.75) is 19.3 Å². The lowest BCUT2D eigenvalue weighted by Gasteiger charge is -2.24. The van der Waals surface area contributed by atoms with Crippen LogP contribution in [0.25, 0.3) is 71.7 Å². The van der Waals surface area contributed by atoms with Crippen LogP contribution in [0.3, 0.4) is 0 Å². The molecule has 0 N–H and O–H groups in total. The summed E-state index contributed by atoms with van der Waals surface area (Å²) >= 11 is 0. The monoisotopic (exact) mass is 525 g/mol. The van der Waals surface area contributed by atoms with Gasteiger partial charge in [0, 0.05) is 38.2 Å². The van der Waals surface area contributed by atoms with E-state index >= 15 is 0 Å². The van der Waals surface area contributed by atoms with E-state index in [9.17, 15) is 0 Å². The van der Waals surface area contributed by atoms with Gasteiger partial charge in [0.05, 0.1) is 11.0 Å². The third-order valence-electron chi connectivity index (χ3n) is 9.16. The van der Waals surface area contributed by atoms with Gasteiger partial charge < -0.3 is 8.98 Å². The van der Waals surface area contributed by atoms with Crippen molar-refractivity contribution in [1.82, 2.24) is 4.57 Å². The minimum atomic E-state index is -0.201. The van der Waals surface area contributed by atoms with Gasteiger partial charge in [-0.05, 0) is 52.1 Å². The zero-order chi connectivity index (χ0) is 27.3. The Labute approximate surface area is 238 Å². The highest BCUT2D eigenvalue weighted by atomic mass is 16.3. The number of benzene rings is 6. The normalized spacial score (nSPS) is 13.8. The summed E-state index contributed by atoms with van der Waals surface area (Å²) in [4.78, 5) is 0. The molecular weight excluding hydrogens is 498 g/mol. The van der Waals surface area contributed by atoms with Crippen LogP contribution < -0.4 is 0 Å². The second-order valence-electron chi connectivity index (χ2n) is 11.7. The Hall–Kier alpha value is -5.08. The quantitative estimate of drug-likeness (QED) is 0.219. The summed E-state index contributed by atoms with van der Waals surface area (Å²) in [6.45, 7) is 4.73. The average Bonchev–Trinajstić information content (AvgIpc) is 3.64. The van der Waals surface area contributed by atoms with Gasteiger partial charge in [0.2, 0.25) is 0 Å². The summed E-state index contributed by atoms with van der Waals surface area (Å²) < 4.78 is 9.27. The summed E-state index contributed by atoms with van der Waals surface area (Å²) in [7, 11) is 0. The highest BCUT2D eigenvalue weighted by Gasteiger charge is 2.41. The van der Waals surface area contributed by atoms with E-state index in [0.717, 1.165) is 16.9 Å². The zero-order valence-corrected chi connectivity index (χ0v) is 23.0. The molecule has 41 heavy (non-hydrogen) atoms. The first kappa shape index (κ1) is 22.7. The number of fused-ring (bicyclic) bond motifs is 12. The number of rotatable bonds is 2. The van der Waals surface area contributed by atoms with Crippen LogP contribution in [-0.2, 0) is 5.41 Å². The zero-order valence-electron chi connectivity index (χ0n) is 23.0. The minimum absolute atomic E-state index is 0.201. The number of hydrogen-bond acceptors (Lipinski definition) is 1. The molecule has 0 unspecified atom stereocenters. The maximum atomic E-state index is 6.77. The van der Waals surface area contributed by atoms with Crippen LogP contribution in [0.4, 0.5) is 0 Å². The van der Waals surface area contributed by atoms with E-state index in [0.29, 0.717) is 0 Å². The first-order chi connectivity index (χ1) is 20.1. The van der Waals surface area contributed by atoms with Crippen LogP contribution in [0.2, 0.25) is 0 Å². The summed E-state index contributed by atoms with van der Waals surface area (Å²) in [5.41, 5.74) is 13.0. The predicted molar refractivity (Wildman–Crippen MR) is 171 cm³/mol. The molecule has 1 aliphatic carbocycles. The third kappa shape index (κ3) is 2.92. The second kappa shape index (κ2) is 7.99. The first-order valence-corrected chi connectivity index (χ1v) is 14.3. The Morgan fingerprint density at radius 3 is 2.07 bits per heavy atom. The SMILES string of the molecule is CC1(C)c2ccccc2-c2c1c1c(c3ccccc3n1-c1ccc(-c3ccccc3)cc1)c1c2oc2ccccc21. The Balaban J connectivity index is 1.50. The molecule has 8 aromatic rings. The van der Waals surface area contributed by atoms with Gasteiger partial charge >= 0.3 is 0 Å². The molecule has 0 fully saturated rings. The van der Waals surface area contributed by atoms with Gasteiger partial charge in [0.1, 0.15) is 11.2 Å². The number of hydrogen-bond donors (Lipinski definition) is 0. The summed E-state index contributed by atoms with van der Waals surface area (Å²) in [6, 6.07) is 45.8. The van der Waals surface area contributed by atoms with Crippen molar-refractivity contribution in [3.8, 4) is 27.9 Å². The van der Waals surface area contributed by atoms with E-state index in [1.165, 1.54) is 66.0 Å². The van der Waals surface area contributed by atoms with Crippen LogP contribution in [0.5, 0.6) is 0 Å². The maximum absolute atomic E-state index is 6.77. The number of para-hydroxylation sites is 2. The van der Waals surface area contributed by atoms with Crippen LogP contribution in [0.15, 0.2) is 132 Å². The molecule has 0 spiro atoms. The number of furan rings is 1. The van der Waals surface area contributed by atoms with E-state index in [-0.39, 0.29) is 5.41 Å². The molecule has 2 heteroatoms. The Morgan fingerprint density at radius 1 is 0.585 bits per heavy atom. The standard InChI is InChI=1S/C39H27NO/c1-39(2)30-17-9-6-14-27(30)35-36(39)37-33(34-29-16-8-11-19-32(29)41-38(34)35)28-15-7-10-18-31(28)40(37)26-22-20-25(21-23-26)24-12-4-3-5-13-24/h3-23H,1-2H3. The molecule has 2 aromatic heterocycles. The van der Waals surface area contributed by atoms with Crippen molar-refractivity contribution < 1.29 is 4.42 Å². The summed E-state index contributed by atoms with van der Waals surface area (Å²) in [5, 5.41) is 4.89. The third-order valence-corrected chi connectivity index (χ3v) is 9.16. The molecule has 2 nitrogen and oxygen atoms in total. The fourth-order valence-corrected chi connectivity index (χ4v) is 7.38. The molecule has 2 heterocycles. The van der Waals surface area contributed by atoms with Gasteiger partial charge in [0.25, 0.3) is 0 Å². The van der Waals surface area contributed by atoms with E-state index in [2.05, 4.69) is 146 Å². The van der Waals surface area contributed by atoms with Crippen LogP contribution in [0, 0.1) is 0 Å². The molecule has 0 saturated carbocycles. The van der Waals surface area contributed by atoms with Gasteiger partial charge in [-0.15, -0.1) is 0 Å². The maximum Gasteiger partial charge on any atom is 0.144 e. The molecule has 0 saturated heterocycles. The van der Waals surface area contributed by atoms with Crippen molar-refractivity contribution in [2.75, 3.05) is 0 Å². The fourth-order valence-electron chi connectivity index (χ4n) is 7.38. The Bertz CT molecular complexity index is 2310. The van der Waals surface area contributed by atoms with E-state index in [1.807, 2.05) is 0 Å². The molecule has 0 aliphatic heterocycles. The topological polar surface area (TPSA) is 18.1 Å². The smallest absolute Gasteiger partial charge is 0.144 e. The predicted octanol–water partition coefficient (Wildman–Crippen LogP) is 10.7. The average molecular weight is 526 g/mol. The number of nitrogens with zero attached hydrogens (tertiary/aromatic N) is 1. The molecule has 0 bridgehead atoms. The van der Waals surface area contributed by atoms with E-state index in [4.69, 9.17) is 4.42 Å². The van der Waals surface area contributed by atoms with Crippen LogP contribution in [-0.4, -0.2) is 4.57 Å². The second-order valence-corrected chi connectivity index (χ2v) is 11.7. The molecule has 0 amide bonds. The van der Waals surface area contributed by atoms with Crippen molar-refractivity contribution in [3.63, 3.8) is 0 Å². The molecular formula is C39H27NO. The molecule has 194 valence electrons. The van der Waals surface area contributed by atoms with Crippen LogP contribution in [0.1, 0.15) is 25.0 Å². The van der Waals surface area contributed by atoms with Gasteiger partial charge in [-0.3, -0.25) is 0 Å². The highest BCUT2D eigenvalue weighted by Crippen LogP contribution is 2.57. The van der Waals surface area contributed by atoms with Crippen molar-refractivity contribution in [1.29, 1.82) is 0 Å². The van der Waals surface area contributed by atoms with Gasteiger partial charge in [0.15, 0.2) is 0 Å². The molecule has 0 radical (unpaired) electrons. The van der Waals surface area contributed by atoms with Crippen LogP contribution >= 0.6 is 0 Å².